The Hall–Kier alpha value is -2.27. The van der Waals surface area contributed by atoms with Crippen molar-refractivity contribution in [3.63, 3.8) is 0 Å². The molecule has 0 N–H and O–H groups in total. The molecule has 26 heavy (non-hydrogen) atoms. The molecule has 0 saturated carbocycles. The molecule has 0 unspecified atom stereocenters. The van der Waals surface area contributed by atoms with Gasteiger partial charge in [-0.25, -0.2) is 4.79 Å². The van der Waals surface area contributed by atoms with Crippen molar-refractivity contribution in [2.75, 3.05) is 13.2 Å². The molecule has 0 spiro atoms. The molecule has 0 bridgehead atoms. The average Bonchev–Trinajstić information content (AvgIpc) is 3.00. The molecule has 1 atom stereocenters. The molecule has 0 radical (unpaired) electrons. The molecular weight excluding hydrogens is 346 g/mol. The van der Waals surface area contributed by atoms with Gasteiger partial charge >= 0.3 is 6.09 Å². The van der Waals surface area contributed by atoms with Crippen LogP contribution in [0.2, 0.25) is 0 Å². The van der Waals surface area contributed by atoms with Crippen LogP contribution in [0.1, 0.15) is 36.3 Å². The lowest BCUT2D eigenvalue weighted by Gasteiger charge is -2.33. The lowest BCUT2D eigenvalue weighted by atomic mass is 9.98. The monoisotopic (exact) mass is 367 g/mol. The molecule has 1 saturated heterocycles. The zero-order valence-corrected chi connectivity index (χ0v) is 15.3. The summed E-state index contributed by atoms with van der Waals surface area (Å²) in [7, 11) is 0. The van der Waals surface area contributed by atoms with Gasteiger partial charge in [0.2, 0.25) is 5.12 Å². The Morgan fingerprint density at radius 3 is 2.23 bits per heavy atom. The van der Waals surface area contributed by atoms with Crippen molar-refractivity contribution >= 4 is 23.8 Å². The Bertz CT molecular complexity index is 805. The summed E-state index contributed by atoms with van der Waals surface area (Å²) < 4.78 is 5.66. The lowest BCUT2D eigenvalue weighted by Crippen LogP contribution is -2.47. The molecule has 0 aromatic heterocycles. The van der Waals surface area contributed by atoms with Crippen molar-refractivity contribution in [2.24, 2.45) is 0 Å². The van der Waals surface area contributed by atoms with Gasteiger partial charge in [-0.2, -0.15) is 0 Å². The first-order valence-corrected chi connectivity index (χ1v) is 9.46. The minimum absolute atomic E-state index is 0.0290. The van der Waals surface area contributed by atoms with E-state index in [1.165, 1.54) is 27.2 Å². The van der Waals surface area contributed by atoms with Gasteiger partial charge in [-0.15, -0.1) is 12.6 Å². The van der Waals surface area contributed by atoms with Gasteiger partial charge in [-0.05, 0) is 41.5 Å². The fourth-order valence-electron chi connectivity index (χ4n) is 4.08. The minimum atomic E-state index is -0.470. The molecule has 2 aliphatic rings. The van der Waals surface area contributed by atoms with Crippen molar-refractivity contribution in [3.8, 4) is 11.1 Å². The molecule has 1 aliphatic carbocycles. The number of piperidine rings is 1. The number of carbonyl (C=O) groups is 2. The van der Waals surface area contributed by atoms with E-state index < -0.39 is 12.1 Å². The van der Waals surface area contributed by atoms with E-state index in [-0.39, 0.29) is 17.6 Å². The third kappa shape index (κ3) is 3.01. The Morgan fingerprint density at radius 1 is 1.00 bits per heavy atom. The summed E-state index contributed by atoms with van der Waals surface area (Å²) in [6.45, 7) is 0.824. The van der Waals surface area contributed by atoms with E-state index in [0.717, 1.165) is 12.8 Å². The largest absolute Gasteiger partial charge is 0.448 e. The number of benzene rings is 2. The van der Waals surface area contributed by atoms with Crippen molar-refractivity contribution in [3.05, 3.63) is 59.7 Å². The summed E-state index contributed by atoms with van der Waals surface area (Å²) >= 11 is 3.94. The van der Waals surface area contributed by atoms with Crippen LogP contribution in [0.3, 0.4) is 0 Å². The molecular formula is C21H21NO3S. The second-order valence-electron chi connectivity index (χ2n) is 6.85. The SMILES string of the molecule is O=C(S)[C@@H]1CCCCN1C(=O)OCC1c2ccccc2-c2ccccc21. The van der Waals surface area contributed by atoms with Crippen LogP contribution in [0.5, 0.6) is 0 Å². The van der Waals surface area contributed by atoms with E-state index >= 15 is 0 Å². The third-order valence-corrected chi connectivity index (χ3v) is 5.66. The van der Waals surface area contributed by atoms with E-state index in [2.05, 4.69) is 36.9 Å². The maximum Gasteiger partial charge on any atom is 0.410 e. The third-order valence-electron chi connectivity index (χ3n) is 5.36. The van der Waals surface area contributed by atoms with Crippen LogP contribution >= 0.6 is 12.6 Å². The molecule has 4 rings (SSSR count). The number of thiol groups is 1. The molecule has 1 aliphatic heterocycles. The molecule has 2 aromatic rings. The second-order valence-corrected chi connectivity index (χ2v) is 7.29. The first-order chi connectivity index (χ1) is 12.7. The van der Waals surface area contributed by atoms with Crippen molar-refractivity contribution in [2.45, 2.75) is 31.2 Å². The summed E-state index contributed by atoms with van der Waals surface area (Å²) in [5.41, 5.74) is 4.76. The number of hydrogen-bond donors (Lipinski definition) is 1. The van der Waals surface area contributed by atoms with Crippen molar-refractivity contribution in [1.82, 2.24) is 4.90 Å². The van der Waals surface area contributed by atoms with Gasteiger partial charge in [-0.3, -0.25) is 9.69 Å². The highest BCUT2D eigenvalue weighted by Gasteiger charge is 2.33. The van der Waals surface area contributed by atoms with Gasteiger partial charge in [-0.1, -0.05) is 48.5 Å². The first kappa shape index (κ1) is 17.2. The highest BCUT2D eigenvalue weighted by atomic mass is 32.1. The van der Waals surface area contributed by atoms with Crippen LogP contribution in [0.15, 0.2) is 48.5 Å². The van der Waals surface area contributed by atoms with Gasteiger partial charge in [0.25, 0.3) is 0 Å². The molecule has 1 amide bonds. The van der Waals surface area contributed by atoms with Crippen molar-refractivity contribution in [1.29, 1.82) is 0 Å². The van der Waals surface area contributed by atoms with Crippen LogP contribution in [-0.2, 0) is 9.53 Å². The van der Waals surface area contributed by atoms with Gasteiger partial charge < -0.3 is 4.74 Å². The molecule has 134 valence electrons. The van der Waals surface area contributed by atoms with E-state index in [0.29, 0.717) is 13.0 Å². The van der Waals surface area contributed by atoms with E-state index in [1.54, 1.807) is 0 Å². The predicted molar refractivity (Wildman–Crippen MR) is 103 cm³/mol. The van der Waals surface area contributed by atoms with Crippen LogP contribution in [0.25, 0.3) is 11.1 Å². The first-order valence-electron chi connectivity index (χ1n) is 9.01. The number of fused-ring (bicyclic) bond motifs is 3. The second kappa shape index (κ2) is 7.16. The zero-order valence-electron chi connectivity index (χ0n) is 14.4. The fraction of sp³-hybridized carbons (Fsp3) is 0.333. The highest BCUT2D eigenvalue weighted by Crippen LogP contribution is 2.44. The van der Waals surface area contributed by atoms with Gasteiger partial charge in [0.15, 0.2) is 0 Å². The van der Waals surface area contributed by atoms with Gasteiger partial charge in [0.1, 0.15) is 12.6 Å². The molecule has 2 aromatic carbocycles. The van der Waals surface area contributed by atoms with Crippen LogP contribution in [-0.4, -0.2) is 35.3 Å². The van der Waals surface area contributed by atoms with Crippen LogP contribution < -0.4 is 0 Å². The van der Waals surface area contributed by atoms with E-state index in [9.17, 15) is 9.59 Å². The Labute approximate surface area is 158 Å². The zero-order chi connectivity index (χ0) is 18.1. The smallest absolute Gasteiger partial charge is 0.410 e. The summed E-state index contributed by atoms with van der Waals surface area (Å²) in [5, 5.41) is -0.266. The molecule has 5 heteroatoms. The quantitative estimate of drug-likeness (QED) is 0.825. The number of nitrogens with zero attached hydrogens (tertiary/aromatic N) is 1. The highest BCUT2D eigenvalue weighted by molar-refractivity contribution is 7.96. The normalized spacial score (nSPS) is 19.0. The number of hydrogen-bond acceptors (Lipinski definition) is 3. The Morgan fingerprint density at radius 2 is 1.62 bits per heavy atom. The summed E-state index contributed by atoms with van der Waals surface area (Å²) in [6, 6.07) is 16.0. The molecule has 4 nitrogen and oxygen atoms in total. The van der Waals surface area contributed by atoms with Gasteiger partial charge in [0.05, 0.1) is 0 Å². The summed E-state index contributed by atoms with van der Waals surface area (Å²) in [4.78, 5) is 25.9. The summed E-state index contributed by atoms with van der Waals surface area (Å²) in [6.07, 6.45) is 2.07. The lowest BCUT2D eigenvalue weighted by molar-refractivity contribution is -0.116. The topological polar surface area (TPSA) is 46.6 Å². The van der Waals surface area contributed by atoms with Crippen LogP contribution in [0.4, 0.5) is 4.79 Å². The van der Waals surface area contributed by atoms with Gasteiger partial charge in [0, 0.05) is 12.5 Å². The van der Waals surface area contributed by atoms with E-state index in [1.807, 2.05) is 24.3 Å². The Kier molecular flexibility index (Phi) is 4.72. The molecule has 1 fully saturated rings. The standard InChI is InChI=1S/C21H21NO3S/c23-20(26)19-11-5-6-12-22(19)21(24)25-13-18-16-9-3-1-7-14(16)15-8-2-4-10-17(15)18/h1-4,7-10,18-19H,5-6,11-13H2,(H,23,26)/t19-/m0/s1. The number of ether oxygens (including phenoxy) is 1. The predicted octanol–water partition coefficient (Wildman–Crippen LogP) is 4.25. The van der Waals surface area contributed by atoms with E-state index in [4.69, 9.17) is 4.74 Å². The number of likely N-dealkylation sites (tertiary alicyclic amines) is 1. The summed E-state index contributed by atoms with van der Waals surface area (Å²) in [5.74, 6) is 0.0290. The number of amides is 1. The number of carbonyl (C=O) groups excluding carboxylic acids is 2. The average molecular weight is 367 g/mol. The van der Waals surface area contributed by atoms with Crippen molar-refractivity contribution < 1.29 is 14.3 Å². The minimum Gasteiger partial charge on any atom is -0.448 e. The molecule has 1 heterocycles. The maximum atomic E-state index is 12.6. The fourth-order valence-corrected chi connectivity index (χ4v) is 4.35. The number of rotatable bonds is 3. The van der Waals surface area contributed by atoms with Crippen LogP contribution in [0, 0.1) is 0 Å². The Balaban J connectivity index is 1.53. The maximum absolute atomic E-state index is 12.6.